The minimum Gasteiger partial charge on any atom is -0.396 e. The van der Waals surface area contributed by atoms with E-state index in [0.29, 0.717) is 25.4 Å². The maximum absolute atomic E-state index is 11.5. The molecule has 7 heteroatoms. The predicted octanol–water partition coefficient (Wildman–Crippen LogP) is 0.0356. The lowest BCUT2D eigenvalue weighted by atomic mass is 10.2. The van der Waals surface area contributed by atoms with Crippen LogP contribution in [-0.4, -0.2) is 54.1 Å². The van der Waals surface area contributed by atoms with Crippen molar-refractivity contribution in [2.24, 2.45) is 0 Å². The summed E-state index contributed by atoms with van der Waals surface area (Å²) in [6, 6.07) is 3.24. The van der Waals surface area contributed by atoms with E-state index in [1.807, 2.05) is 6.92 Å². The summed E-state index contributed by atoms with van der Waals surface area (Å²) in [7, 11) is 1.59. The summed E-state index contributed by atoms with van der Waals surface area (Å²) in [6.45, 7) is 2.91. The third kappa shape index (κ3) is 5.19. The number of anilines is 1. The van der Waals surface area contributed by atoms with Gasteiger partial charge in [-0.2, -0.15) is 0 Å². The Kier molecular flexibility index (Phi) is 6.76. The van der Waals surface area contributed by atoms with Crippen molar-refractivity contribution in [3.05, 3.63) is 17.8 Å². The lowest BCUT2D eigenvalue weighted by Crippen LogP contribution is -2.27. The second kappa shape index (κ2) is 8.39. The van der Waals surface area contributed by atoms with Crippen LogP contribution in [0.4, 0.5) is 5.82 Å². The number of carbonyl (C=O) groups excluding carboxylic acids is 1. The van der Waals surface area contributed by atoms with E-state index in [4.69, 9.17) is 9.84 Å². The van der Waals surface area contributed by atoms with Crippen molar-refractivity contribution in [3.8, 4) is 0 Å². The van der Waals surface area contributed by atoms with E-state index in [-0.39, 0.29) is 24.2 Å². The van der Waals surface area contributed by atoms with E-state index in [1.54, 1.807) is 19.2 Å². The molecule has 0 aromatic carbocycles. The highest BCUT2D eigenvalue weighted by atomic mass is 16.5. The summed E-state index contributed by atoms with van der Waals surface area (Å²) in [6.07, 6.45) is 0.549. The highest BCUT2D eigenvalue weighted by molar-refractivity contribution is 5.92. The van der Waals surface area contributed by atoms with E-state index in [9.17, 15) is 4.79 Å². The van der Waals surface area contributed by atoms with Crippen LogP contribution in [0.3, 0.4) is 0 Å². The van der Waals surface area contributed by atoms with Crippen LogP contribution >= 0.6 is 0 Å². The second-order valence-corrected chi connectivity index (χ2v) is 3.97. The number of hydrogen-bond donors (Lipinski definition) is 3. The molecule has 0 aliphatic rings. The molecule has 1 heterocycles. The second-order valence-electron chi connectivity index (χ2n) is 3.97. The molecular formula is C12H20N4O3. The van der Waals surface area contributed by atoms with Crippen molar-refractivity contribution < 1.29 is 14.6 Å². The van der Waals surface area contributed by atoms with E-state index in [2.05, 4.69) is 20.8 Å². The third-order valence-electron chi connectivity index (χ3n) is 2.43. The fraction of sp³-hybridized carbons (Fsp3) is 0.583. The van der Waals surface area contributed by atoms with Crippen LogP contribution in [0.2, 0.25) is 0 Å². The van der Waals surface area contributed by atoms with Gasteiger partial charge in [-0.25, -0.2) is 0 Å². The van der Waals surface area contributed by atoms with Gasteiger partial charge in [0, 0.05) is 20.3 Å². The summed E-state index contributed by atoms with van der Waals surface area (Å²) < 4.78 is 5.04. The standard InChI is InChI=1S/C12H20N4O3/c1-3-13-12(18)10-4-5-11(16-15-10)14-9(6-7-17)8-19-2/h4-5,9,17H,3,6-8H2,1-2H3,(H,13,18)(H,14,16). The van der Waals surface area contributed by atoms with Crippen LogP contribution in [-0.2, 0) is 4.74 Å². The van der Waals surface area contributed by atoms with Gasteiger partial charge in [-0.05, 0) is 25.5 Å². The van der Waals surface area contributed by atoms with E-state index >= 15 is 0 Å². The first-order valence-corrected chi connectivity index (χ1v) is 6.19. The molecule has 0 fully saturated rings. The zero-order valence-corrected chi connectivity index (χ0v) is 11.2. The Morgan fingerprint density at radius 1 is 1.47 bits per heavy atom. The number of nitrogens with zero attached hydrogens (tertiary/aromatic N) is 2. The van der Waals surface area contributed by atoms with Crippen molar-refractivity contribution in [3.63, 3.8) is 0 Å². The average Bonchev–Trinajstić information content (AvgIpc) is 2.40. The molecule has 0 aliphatic carbocycles. The van der Waals surface area contributed by atoms with Gasteiger partial charge in [0.25, 0.3) is 5.91 Å². The Hall–Kier alpha value is -1.73. The van der Waals surface area contributed by atoms with E-state index in [0.717, 1.165) is 0 Å². The first-order chi connectivity index (χ1) is 9.21. The van der Waals surface area contributed by atoms with Gasteiger partial charge in [-0.3, -0.25) is 4.79 Å². The van der Waals surface area contributed by atoms with Crippen molar-refractivity contribution in [2.45, 2.75) is 19.4 Å². The maximum Gasteiger partial charge on any atom is 0.271 e. The highest BCUT2D eigenvalue weighted by Gasteiger charge is 2.10. The first kappa shape index (κ1) is 15.3. The van der Waals surface area contributed by atoms with Crippen LogP contribution in [0, 0.1) is 0 Å². The molecule has 0 aliphatic heterocycles. The molecule has 0 saturated carbocycles. The van der Waals surface area contributed by atoms with E-state index < -0.39 is 0 Å². The van der Waals surface area contributed by atoms with Crippen molar-refractivity contribution in [2.75, 3.05) is 32.2 Å². The molecule has 7 nitrogen and oxygen atoms in total. The zero-order chi connectivity index (χ0) is 14.1. The monoisotopic (exact) mass is 268 g/mol. The number of aliphatic hydroxyl groups excluding tert-OH is 1. The van der Waals surface area contributed by atoms with E-state index in [1.165, 1.54) is 0 Å². The smallest absolute Gasteiger partial charge is 0.271 e. The molecule has 1 aromatic heterocycles. The Balaban J connectivity index is 2.62. The van der Waals surface area contributed by atoms with Gasteiger partial charge in [-0.15, -0.1) is 10.2 Å². The Labute approximate surface area is 112 Å². The number of nitrogens with one attached hydrogen (secondary N) is 2. The zero-order valence-electron chi connectivity index (χ0n) is 11.2. The molecular weight excluding hydrogens is 248 g/mol. The van der Waals surface area contributed by atoms with Crippen LogP contribution in [0.5, 0.6) is 0 Å². The molecule has 1 aromatic rings. The summed E-state index contributed by atoms with van der Waals surface area (Å²) in [4.78, 5) is 11.5. The average molecular weight is 268 g/mol. The summed E-state index contributed by atoms with van der Waals surface area (Å²) in [5.41, 5.74) is 0.276. The molecule has 3 N–H and O–H groups in total. The lowest BCUT2D eigenvalue weighted by molar-refractivity contribution is 0.0950. The van der Waals surface area contributed by atoms with Gasteiger partial charge >= 0.3 is 0 Å². The Bertz CT molecular complexity index is 377. The lowest BCUT2D eigenvalue weighted by Gasteiger charge is -2.16. The molecule has 0 bridgehead atoms. The number of amides is 1. The summed E-state index contributed by atoms with van der Waals surface area (Å²) in [5.74, 6) is 0.300. The minimum absolute atomic E-state index is 0.0420. The Morgan fingerprint density at radius 2 is 2.26 bits per heavy atom. The van der Waals surface area contributed by atoms with Crippen molar-refractivity contribution in [1.82, 2.24) is 15.5 Å². The predicted molar refractivity (Wildman–Crippen MR) is 71.0 cm³/mol. The number of ether oxygens (including phenoxy) is 1. The number of methoxy groups -OCH3 is 1. The summed E-state index contributed by atoms with van der Waals surface area (Å²) in [5, 5.41) is 22.4. The first-order valence-electron chi connectivity index (χ1n) is 6.19. The topological polar surface area (TPSA) is 96.4 Å². The molecule has 1 atom stereocenters. The molecule has 0 spiro atoms. The van der Waals surface area contributed by atoms with Crippen LogP contribution in [0.1, 0.15) is 23.8 Å². The van der Waals surface area contributed by atoms with Gasteiger partial charge in [0.1, 0.15) is 5.82 Å². The number of hydrogen-bond acceptors (Lipinski definition) is 6. The van der Waals surface area contributed by atoms with Gasteiger partial charge in [0.2, 0.25) is 0 Å². The molecule has 1 rings (SSSR count). The maximum atomic E-state index is 11.5. The van der Waals surface area contributed by atoms with Gasteiger partial charge in [0.05, 0.1) is 12.6 Å². The minimum atomic E-state index is -0.245. The molecule has 0 radical (unpaired) electrons. The Morgan fingerprint density at radius 3 is 2.79 bits per heavy atom. The number of aliphatic hydroxyl groups is 1. The molecule has 19 heavy (non-hydrogen) atoms. The van der Waals surface area contributed by atoms with Crippen LogP contribution in [0.15, 0.2) is 12.1 Å². The van der Waals surface area contributed by atoms with Crippen molar-refractivity contribution >= 4 is 11.7 Å². The third-order valence-corrected chi connectivity index (χ3v) is 2.43. The largest absolute Gasteiger partial charge is 0.396 e. The highest BCUT2D eigenvalue weighted by Crippen LogP contribution is 2.06. The normalized spacial score (nSPS) is 11.9. The number of carbonyl (C=O) groups is 1. The molecule has 106 valence electrons. The molecule has 0 saturated heterocycles. The molecule has 1 unspecified atom stereocenters. The molecule has 1 amide bonds. The fourth-order valence-electron chi connectivity index (χ4n) is 1.54. The summed E-state index contributed by atoms with van der Waals surface area (Å²) >= 11 is 0. The SMILES string of the molecule is CCNC(=O)c1ccc(NC(CCO)COC)nn1. The number of rotatable bonds is 8. The number of aromatic nitrogens is 2. The van der Waals surface area contributed by atoms with Gasteiger partial charge in [-0.1, -0.05) is 0 Å². The van der Waals surface area contributed by atoms with Crippen molar-refractivity contribution in [1.29, 1.82) is 0 Å². The fourth-order valence-corrected chi connectivity index (χ4v) is 1.54. The van der Waals surface area contributed by atoms with Gasteiger partial charge < -0.3 is 20.5 Å². The van der Waals surface area contributed by atoms with Crippen LogP contribution in [0.25, 0.3) is 0 Å². The quantitative estimate of drug-likeness (QED) is 0.616. The van der Waals surface area contributed by atoms with Crippen LogP contribution < -0.4 is 10.6 Å². The van der Waals surface area contributed by atoms with Gasteiger partial charge in [0.15, 0.2) is 5.69 Å².